The van der Waals surface area contributed by atoms with E-state index in [9.17, 15) is 4.79 Å². The van der Waals surface area contributed by atoms with Crippen molar-refractivity contribution < 1.29 is 14.1 Å². The number of hydrogen-bond donors (Lipinski definition) is 0. The van der Waals surface area contributed by atoms with Gasteiger partial charge in [-0.25, -0.2) is 4.98 Å². The molecule has 112 valence electrons. The van der Waals surface area contributed by atoms with Crippen LogP contribution in [-0.2, 0) is 4.79 Å². The Balaban J connectivity index is 1.64. The van der Waals surface area contributed by atoms with Crippen LogP contribution in [0.5, 0.6) is 5.88 Å². The molecule has 7 heteroatoms. The van der Waals surface area contributed by atoms with Gasteiger partial charge in [-0.05, 0) is 31.3 Å². The lowest BCUT2D eigenvalue weighted by Gasteiger charge is -2.34. The van der Waals surface area contributed by atoms with Gasteiger partial charge in [-0.15, -0.1) is 11.3 Å². The zero-order chi connectivity index (χ0) is 14.7. The average Bonchev–Trinajstić information content (AvgIpc) is 3.16. The Labute approximate surface area is 126 Å². The van der Waals surface area contributed by atoms with E-state index >= 15 is 0 Å². The van der Waals surface area contributed by atoms with Crippen molar-refractivity contribution >= 4 is 17.2 Å². The minimum absolute atomic E-state index is 0.0200. The number of aromatic nitrogens is 2. The molecule has 1 atom stereocenters. The third-order valence-corrected chi connectivity index (χ3v) is 4.39. The fourth-order valence-electron chi connectivity index (χ4n) is 2.52. The number of carbonyl (C=O) groups is 1. The van der Waals surface area contributed by atoms with Crippen LogP contribution in [0.4, 0.5) is 0 Å². The third kappa shape index (κ3) is 3.24. The van der Waals surface area contributed by atoms with Gasteiger partial charge >= 0.3 is 0 Å². The number of nitrogens with zero attached hydrogens (tertiary/aromatic N) is 3. The Morgan fingerprint density at radius 3 is 3.19 bits per heavy atom. The Morgan fingerprint density at radius 2 is 2.48 bits per heavy atom. The molecule has 1 amide bonds. The summed E-state index contributed by atoms with van der Waals surface area (Å²) in [5.41, 5.74) is 0. The van der Waals surface area contributed by atoms with Gasteiger partial charge in [-0.2, -0.15) is 0 Å². The first-order chi connectivity index (χ1) is 10.2. The molecule has 21 heavy (non-hydrogen) atoms. The fourth-order valence-corrected chi connectivity index (χ4v) is 3.30. The molecule has 0 radical (unpaired) electrons. The molecule has 3 rings (SSSR count). The van der Waals surface area contributed by atoms with Crippen LogP contribution in [0.2, 0.25) is 0 Å². The van der Waals surface area contributed by atoms with Crippen LogP contribution in [0.1, 0.15) is 36.1 Å². The fraction of sp³-hybridized carbons (Fsp3) is 0.500. The van der Waals surface area contributed by atoms with E-state index in [1.807, 2.05) is 10.3 Å². The van der Waals surface area contributed by atoms with Crippen LogP contribution < -0.4 is 4.74 Å². The first kappa shape index (κ1) is 14.1. The quantitative estimate of drug-likeness (QED) is 0.868. The SMILES string of the molecule is Cc1cc(OCC(=O)N2CCCC[C@@H]2c2nccs2)no1. The molecule has 6 nitrogen and oxygen atoms in total. The van der Waals surface area contributed by atoms with Crippen LogP contribution in [0.15, 0.2) is 22.2 Å². The molecular weight excluding hydrogens is 290 g/mol. The van der Waals surface area contributed by atoms with E-state index in [-0.39, 0.29) is 18.6 Å². The molecule has 0 spiro atoms. The molecule has 3 heterocycles. The van der Waals surface area contributed by atoms with Gasteiger partial charge in [0.15, 0.2) is 6.61 Å². The molecule has 0 unspecified atom stereocenters. The predicted octanol–water partition coefficient (Wildman–Crippen LogP) is 2.57. The van der Waals surface area contributed by atoms with Gasteiger partial charge in [0.2, 0.25) is 0 Å². The lowest BCUT2D eigenvalue weighted by atomic mass is 10.0. The number of thiazole rings is 1. The lowest BCUT2D eigenvalue weighted by molar-refractivity contribution is -0.137. The van der Waals surface area contributed by atoms with Crippen molar-refractivity contribution in [2.75, 3.05) is 13.2 Å². The van der Waals surface area contributed by atoms with E-state index in [4.69, 9.17) is 9.26 Å². The molecule has 0 bridgehead atoms. The van der Waals surface area contributed by atoms with E-state index in [2.05, 4.69) is 10.1 Å². The summed E-state index contributed by atoms with van der Waals surface area (Å²) in [5.74, 6) is 0.982. The molecular formula is C14H17N3O3S. The van der Waals surface area contributed by atoms with Crippen LogP contribution in [0, 0.1) is 6.92 Å². The van der Waals surface area contributed by atoms with Gasteiger partial charge in [-0.1, -0.05) is 0 Å². The number of likely N-dealkylation sites (tertiary alicyclic amines) is 1. The van der Waals surface area contributed by atoms with E-state index in [0.717, 1.165) is 30.8 Å². The van der Waals surface area contributed by atoms with Crippen molar-refractivity contribution in [1.29, 1.82) is 0 Å². The lowest BCUT2D eigenvalue weighted by Crippen LogP contribution is -2.41. The van der Waals surface area contributed by atoms with Crippen molar-refractivity contribution in [3.8, 4) is 5.88 Å². The summed E-state index contributed by atoms with van der Waals surface area (Å²) < 4.78 is 10.3. The average molecular weight is 307 g/mol. The summed E-state index contributed by atoms with van der Waals surface area (Å²) in [5, 5.41) is 6.67. The Bertz CT molecular complexity index is 596. The largest absolute Gasteiger partial charge is 0.465 e. The molecule has 1 saturated heterocycles. The number of piperidine rings is 1. The minimum atomic E-state index is -0.0319. The van der Waals surface area contributed by atoms with Crippen LogP contribution >= 0.6 is 11.3 Å². The zero-order valence-corrected chi connectivity index (χ0v) is 12.6. The maximum Gasteiger partial charge on any atom is 0.261 e. The summed E-state index contributed by atoms with van der Waals surface area (Å²) >= 11 is 1.60. The molecule has 1 fully saturated rings. The smallest absolute Gasteiger partial charge is 0.261 e. The highest BCUT2D eigenvalue weighted by Gasteiger charge is 2.29. The van der Waals surface area contributed by atoms with Crippen molar-refractivity contribution in [3.05, 3.63) is 28.4 Å². The van der Waals surface area contributed by atoms with Crippen molar-refractivity contribution in [2.45, 2.75) is 32.2 Å². The van der Waals surface area contributed by atoms with Gasteiger partial charge in [0.25, 0.3) is 11.8 Å². The molecule has 0 aromatic carbocycles. The second-order valence-corrected chi connectivity index (χ2v) is 5.96. The maximum absolute atomic E-state index is 12.4. The molecule has 0 saturated carbocycles. The Morgan fingerprint density at radius 1 is 1.57 bits per heavy atom. The maximum atomic E-state index is 12.4. The number of amides is 1. The van der Waals surface area contributed by atoms with E-state index in [0.29, 0.717) is 11.6 Å². The van der Waals surface area contributed by atoms with Crippen molar-refractivity contribution in [1.82, 2.24) is 15.0 Å². The second kappa shape index (κ2) is 6.26. The Kier molecular flexibility index (Phi) is 4.19. The second-order valence-electron chi connectivity index (χ2n) is 5.03. The number of hydrogen-bond acceptors (Lipinski definition) is 6. The number of aryl methyl sites for hydroxylation is 1. The van der Waals surface area contributed by atoms with E-state index < -0.39 is 0 Å². The van der Waals surface area contributed by atoms with Crippen molar-refractivity contribution in [3.63, 3.8) is 0 Å². The number of ether oxygens (including phenoxy) is 1. The summed E-state index contributed by atoms with van der Waals surface area (Å²) in [7, 11) is 0. The van der Waals surface area contributed by atoms with Crippen LogP contribution in [-0.4, -0.2) is 34.1 Å². The third-order valence-electron chi connectivity index (χ3n) is 3.51. The summed E-state index contributed by atoms with van der Waals surface area (Å²) in [6.07, 6.45) is 4.89. The highest BCUT2D eigenvalue weighted by molar-refractivity contribution is 7.09. The highest BCUT2D eigenvalue weighted by Crippen LogP contribution is 2.32. The standard InChI is InChI=1S/C14H17N3O3S/c1-10-8-12(16-20-10)19-9-13(18)17-6-3-2-4-11(17)14-15-5-7-21-14/h5,7-8,11H,2-4,6,9H2,1H3/t11-/m1/s1. The van der Waals surface area contributed by atoms with Gasteiger partial charge in [0, 0.05) is 24.2 Å². The minimum Gasteiger partial charge on any atom is -0.465 e. The summed E-state index contributed by atoms with van der Waals surface area (Å²) in [6.45, 7) is 2.52. The van der Waals surface area contributed by atoms with Gasteiger partial charge in [0.1, 0.15) is 10.8 Å². The molecule has 1 aliphatic rings. The summed E-state index contributed by atoms with van der Waals surface area (Å²) in [4.78, 5) is 18.6. The van der Waals surface area contributed by atoms with Crippen LogP contribution in [0.3, 0.4) is 0 Å². The topological polar surface area (TPSA) is 68.5 Å². The molecule has 0 N–H and O–H groups in total. The number of rotatable bonds is 4. The number of carbonyl (C=O) groups excluding carboxylic acids is 1. The molecule has 2 aromatic rings. The normalized spacial score (nSPS) is 18.7. The Hall–Kier alpha value is -1.89. The molecule has 2 aromatic heterocycles. The van der Waals surface area contributed by atoms with Crippen LogP contribution in [0.25, 0.3) is 0 Å². The molecule has 1 aliphatic heterocycles. The van der Waals surface area contributed by atoms with E-state index in [1.54, 1.807) is 30.5 Å². The first-order valence-corrected chi connectivity index (χ1v) is 7.87. The van der Waals surface area contributed by atoms with Gasteiger partial charge in [0.05, 0.1) is 6.04 Å². The highest BCUT2D eigenvalue weighted by atomic mass is 32.1. The van der Waals surface area contributed by atoms with E-state index in [1.165, 1.54) is 0 Å². The summed E-state index contributed by atoms with van der Waals surface area (Å²) in [6, 6.07) is 1.75. The predicted molar refractivity (Wildman–Crippen MR) is 77.2 cm³/mol. The van der Waals surface area contributed by atoms with Crippen molar-refractivity contribution in [2.24, 2.45) is 0 Å². The van der Waals surface area contributed by atoms with Gasteiger partial charge in [-0.3, -0.25) is 4.79 Å². The zero-order valence-electron chi connectivity index (χ0n) is 11.8. The van der Waals surface area contributed by atoms with Gasteiger partial charge < -0.3 is 14.2 Å². The first-order valence-electron chi connectivity index (χ1n) is 6.99. The monoisotopic (exact) mass is 307 g/mol. The molecule has 0 aliphatic carbocycles.